The number of nitrogens with one attached hydrogen (secondary N) is 2. The summed E-state index contributed by atoms with van der Waals surface area (Å²) in [6.07, 6.45) is 1.97. The van der Waals surface area contributed by atoms with Crippen molar-refractivity contribution < 1.29 is 28.2 Å². The Balaban J connectivity index is 1.71. The van der Waals surface area contributed by atoms with E-state index in [-0.39, 0.29) is 43.1 Å². The van der Waals surface area contributed by atoms with E-state index in [1.54, 1.807) is 19.1 Å². The number of carbonyl (C=O) groups excluding carboxylic acids is 3. The van der Waals surface area contributed by atoms with E-state index in [0.717, 1.165) is 0 Å². The molecule has 2 N–H and O–H groups in total. The fraction of sp³-hybridized carbons (Fsp3) is 0.190. The summed E-state index contributed by atoms with van der Waals surface area (Å²) in [5, 5.41) is 5.27. The van der Waals surface area contributed by atoms with Crippen LogP contribution in [0.15, 0.2) is 54.6 Å². The fourth-order valence-corrected chi connectivity index (χ4v) is 2.22. The number of halogens is 1. The van der Waals surface area contributed by atoms with Gasteiger partial charge < -0.3 is 20.1 Å². The van der Waals surface area contributed by atoms with Gasteiger partial charge in [0, 0.05) is 24.7 Å². The van der Waals surface area contributed by atoms with E-state index in [0.29, 0.717) is 11.1 Å². The smallest absolute Gasteiger partial charge is 0.434 e. The second-order valence-corrected chi connectivity index (χ2v) is 5.74. The SMILES string of the molecule is CCOC(=O)Oc1ccc(C(=O)NCCNC(=O)/C=C/c2cccc(F)c2)cc1. The van der Waals surface area contributed by atoms with Gasteiger partial charge in [0.2, 0.25) is 5.91 Å². The minimum absolute atomic E-state index is 0.205. The molecular weight excluding hydrogens is 379 g/mol. The molecule has 8 heteroatoms. The van der Waals surface area contributed by atoms with Crippen molar-refractivity contribution in [2.45, 2.75) is 6.92 Å². The van der Waals surface area contributed by atoms with E-state index in [2.05, 4.69) is 15.4 Å². The van der Waals surface area contributed by atoms with Crippen LogP contribution in [0.5, 0.6) is 5.75 Å². The van der Waals surface area contributed by atoms with Crippen LogP contribution in [0, 0.1) is 5.82 Å². The molecule has 152 valence electrons. The molecule has 0 radical (unpaired) electrons. The van der Waals surface area contributed by atoms with E-state index in [1.807, 2.05) is 0 Å². The van der Waals surface area contributed by atoms with Crippen molar-refractivity contribution in [3.05, 3.63) is 71.6 Å². The summed E-state index contributed by atoms with van der Waals surface area (Å²) in [5.41, 5.74) is 0.947. The third kappa shape index (κ3) is 7.84. The van der Waals surface area contributed by atoms with Crippen molar-refractivity contribution in [3.8, 4) is 5.75 Å². The zero-order valence-electron chi connectivity index (χ0n) is 15.8. The Morgan fingerprint density at radius 3 is 2.45 bits per heavy atom. The Morgan fingerprint density at radius 1 is 1.03 bits per heavy atom. The highest BCUT2D eigenvalue weighted by molar-refractivity contribution is 5.94. The van der Waals surface area contributed by atoms with Gasteiger partial charge in [0.25, 0.3) is 5.91 Å². The quantitative estimate of drug-likeness (QED) is 0.308. The lowest BCUT2D eigenvalue weighted by Crippen LogP contribution is -2.33. The maximum atomic E-state index is 13.1. The molecule has 2 rings (SSSR count). The summed E-state index contributed by atoms with van der Waals surface area (Å²) in [6.45, 7) is 2.32. The molecule has 2 amide bonds. The molecule has 0 aliphatic heterocycles. The summed E-state index contributed by atoms with van der Waals surface area (Å²) in [6, 6.07) is 11.8. The van der Waals surface area contributed by atoms with Gasteiger partial charge in [-0.1, -0.05) is 12.1 Å². The standard InChI is InChI=1S/C21H21FN2O5/c1-2-28-21(27)29-18-9-7-16(8-10-18)20(26)24-13-12-23-19(25)11-6-15-4-3-5-17(22)14-15/h3-11,14H,2,12-13H2,1H3,(H,23,25)(H,24,26)/b11-6+. The first-order valence-electron chi connectivity index (χ1n) is 8.92. The van der Waals surface area contributed by atoms with Gasteiger partial charge in [-0.2, -0.15) is 0 Å². The molecule has 0 saturated heterocycles. The lowest BCUT2D eigenvalue weighted by molar-refractivity contribution is -0.116. The lowest BCUT2D eigenvalue weighted by Gasteiger charge is -2.07. The second-order valence-electron chi connectivity index (χ2n) is 5.74. The van der Waals surface area contributed by atoms with E-state index in [9.17, 15) is 18.8 Å². The van der Waals surface area contributed by atoms with Crippen LogP contribution in [0.2, 0.25) is 0 Å². The van der Waals surface area contributed by atoms with Gasteiger partial charge in [0.05, 0.1) is 6.61 Å². The van der Waals surface area contributed by atoms with Gasteiger partial charge in [0.1, 0.15) is 11.6 Å². The van der Waals surface area contributed by atoms with Crippen LogP contribution in [0.25, 0.3) is 6.08 Å². The maximum absolute atomic E-state index is 13.1. The molecule has 0 aliphatic rings. The number of hydrogen-bond donors (Lipinski definition) is 2. The third-order valence-corrected chi connectivity index (χ3v) is 3.57. The van der Waals surface area contributed by atoms with Crippen LogP contribution in [-0.4, -0.2) is 37.7 Å². The number of carbonyl (C=O) groups is 3. The van der Waals surface area contributed by atoms with E-state index >= 15 is 0 Å². The highest BCUT2D eigenvalue weighted by Crippen LogP contribution is 2.13. The molecular formula is C21H21FN2O5. The lowest BCUT2D eigenvalue weighted by atomic mass is 10.2. The summed E-state index contributed by atoms with van der Waals surface area (Å²) in [4.78, 5) is 35.0. The number of benzene rings is 2. The van der Waals surface area contributed by atoms with Crippen LogP contribution in [0.1, 0.15) is 22.8 Å². The Morgan fingerprint density at radius 2 is 1.76 bits per heavy atom. The molecule has 0 heterocycles. The van der Waals surface area contributed by atoms with Crippen molar-refractivity contribution in [2.75, 3.05) is 19.7 Å². The molecule has 2 aromatic carbocycles. The van der Waals surface area contributed by atoms with Gasteiger partial charge in [-0.05, 0) is 55.0 Å². The molecule has 0 aromatic heterocycles. The highest BCUT2D eigenvalue weighted by atomic mass is 19.1. The van der Waals surface area contributed by atoms with Crippen LogP contribution in [-0.2, 0) is 9.53 Å². The molecule has 0 aliphatic carbocycles. The number of rotatable bonds is 8. The molecule has 0 bridgehead atoms. The summed E-state index contributed by atoms with van der Waals surface area (Å²) >= 11 is 0. The van der Waals surface area contributed by atoms with Gasteiger partial charge in [-0.25, -0.2) is 9.18 Å². The zero-order chi connectivity index (χ0) is 21.1. The molecule has 0 fully saturated rings. The molecule has 0 saturated carbocycles. The first-order valence-corrected chi connectivity index (χ1v) is 8.92. The normalized spacial score (nSPS) is 10.4. The molecule has 0 spiro atoms. The summed E-state index contributed by atoms with van der Waals surface area (Å²) in [5.74, 6) is -0.811. The van der Waals surface area contributed by atoms with Gasteiger partial charge in [-0.3, -0.25) is 9.59 Å². The largest absolute Gasteiger partial charge is 0.513 e. The second kappa shape index (κ2) is 11.2. The predicted molar refractivity (Wildman–Crippen MR) is 105 cm³/mol. The zero-order valence-corrected chi connectivity index (χ0v) is 15.8. The monoisotopic (exact) mass is 400 g/mol. The van der Waals surface area contributed by atoms with Crippen molar-refractivity contribution in [1.82, 2.24) is 10.6 Å². The molecule has 0 unspecified atom stereocenters. The number of hydrogen-bond acceptors (Lipinski definition) is 5. The molecule has 2 aromatic rings. The Labute approximate surface area is 167 Å². The Hall–Kier alpha value is -3.68. The van der Waals surface area contributed by atoms with E-state index in [1.165, 1.54) is 48.6 Å². The topological polar surface area (TPSA) is 93.7 Å². The third-order valence-electron chi connectivity index (χ3n) is 3.57. The summed E-state index contributed by atoms with van der Waals surface area (Å²) < 4.78 is 22.6. The van der Waals surface area contributed by atoms with Gasteiger partial charge in [-0.15, -0.1) is 0 Å². The average molecular weight is 400 g/mol. The number of ether oxygens (including phenoxy) is 2. The van der Waals surface area contributed by atoms with Crippen molar-refractivity contribution in [2.24, 2.45) is 0 Å². The van der Waals surface area contributed by atoms with Gasteiger partial charge in [0.15, 0.2) is 0 Å². The van der Waals surface area contributed by atoms with Crippen molar-refractivity contribution in [3.63, 3.8) is 0 Å². The minimum atomic E-state index is -0.813. The average Bonchev–Trinajstić information content (AvgIpc) is 2.70. The van der Waals surface area contributed by atoms with E-state index in [4.69, 9.17) is 4.74 Å². The first kappa shape index (κ1) is 21.6. The van der Waals surface area contributed by atoms with Crippen molar-refractivity contribution in [1.29, 1.82) is 0 Å². The van der Waals surface area contributed by atoms with Crippen LogP contribution < -0.4 is 15.4 Å². The Bertz CT molecular complexity index is 881. The van der Waals surface area contributed by atoms with Gasteiger partial charge >= 0.3 is 6.16 Å². The highest BCUT2D eigenvalue weighted by Gasteiger charge is 2.08. The first-order chi connectivity index (χ1) is 14.0. The molecule has 0 atom stereocenters. The molecule has 7 nitrogen and oxygen atoms in total. The Kier molecular flexibility index (Phi) is 8.37. The minimum Gasteiger partial charge on any atom is -0.434 e. The molecule has 29 heavy (non-hydrogen) atoms. The van der Waals surface area contributed by atoms with Crippen LogP contribution in [0.3, 0.4) is 0 Å². The van der Waals surface area contributed by atoms with Crippen LogP contribution >= 0.6 is 0 Å². The summed E-state index contributed by atoms with van der Waals surface area (Å²) in [7, 11) is 0. The van der Waals surface area contributed by atoms with E-state index < -0.39 is 6.16 Å². The van der Waals surface area contributed by atoms with Crippen LogP contribution in [0.4, 0.5) is 9.18 Å². The predicted octanol–water partition coefficient (Wildman–Crippen LogP) is 2.92. The maximum Gasteiger partial charge on any atom is 0.513 e. The number of amides is 2. The fourth-order valence-electron chi connectivity index (χ4n) is 2.22. The van der Waals surface area contributed by atoms with Crippen molar-refractivity contribution >= 4 is 24.0 Å².